The number of aromatic nitrogens is 2. The van der Waals surface area contributed by atoms with Crippen LogP contribution in [-0.4, -0.2) is 80.6 Å². The molecule has 0 aliphatic carbocycles. The number of nitrogens with one attached hydrogen (secondary N) is 3. The molecule has 0 fully saturated rings. The van der Waals surface area contributed by atoms with Crippen molar-refractivity contribution in [3.8, 4) is 23.5 Å². The molecule has 0 bridgehead atoms. The zero-order valence-corrected chi connectivity index (χ0v) is 43.1. The molecule has 6 aromatic rings. The standard InChI is InChI=1S/C54H52F6N8O6S2/c1-35-47(75(73)43-19-15-37(33-61)16-20-43)31-45(51(71)67(35)41-13-8-11-39(29-41)53(55,56)57)49(69)64-24-6-4-5-7-27-66(3)28-26-63-23-10-25-65-50(70)46-32-48(76(74)44-21-17-38(34-62)18-22-44)36(2)68(52(46)72)42-14-9-12-40(30-42)54(58,59)60/h8-9,11-22,29-32,63H,4-7,10,23-28H2,1-3H3,(H,64,69)(H,65,70). The van der Waals surface area contributed by atoms with E-state index in [2.05, 4.69) is 20.9 Å². The van der Waals surface area contributed by atoms with Crippen molar-refractivity contribution in [3.63, 3.8) is 0 Å². The Morgan fingerprint density at radius 1 is 0.566 bits per heavy atom. The summed E-state index contributed by atoms with van der Waals surface area (Å²) in [7, 11) is -2.03. The van der Waals surface area contributed by atoms with E-state index in [0.717, 1.165) is 71.3 Å². The van der Waals surface area contributed by atoms with Crippen molar-refractivity contribution in [1.82, 2.24) is 30.0 Å². The van der Waals surface area contributed by atoms with Gasteiger partial charge in [0.25, 0.3) is 22.9 Å². The number of rotatable bonds is 22. The van der Waals surface area contributed by atoms with Gasteiger partial charge in [-0.3, -0.25) is 28.3 Å². The van der Waals surface area contributed by atoms with Gasteiger partial charge in [0.1, 0.15) is 11.1 Å². The molecule has 3 N–H and O–H groups in total. The van der Waals surface area contributed by atoms with E-state index in [0.29, 0.717) is 43.6 Å². The summed E-state index contributed by atoms with van der Waals surface area (Å²) in [5.41, 5.74) is -4.24. The average Bonchev–Trinajstić information content (AvgIpc) is 3.40. The highest BCUT2D eigenvalue weighted by Crippen LogP contribution is 2.33. The van der Waals surface area contributed by atoms with Gasteiger partial charge < -0.3 is 20.9 Å². The fourth-order valence-electron chi connectivity index (χ4n) is 8.06. The van der Waals surface area contributed by atoms with E-state index in [9.17, 15) is 64.5 Å². The number of alkyl halides is 6. The number of amides is 2. The number of unbranched alkanes of at least 4 members (excludes halogenated alkanes) is 3. The first kappa shape index (κ1) is 57.8. The molecule has 22 heteroatoms. The van der Waals surface area contributed by atoms with Gasteiger partial charge in [0, 0.05) is 58.7 Å². The first-order chi connectivity index (χ1) is 36.1. The lowest BCUT2D eigenvalue weighted by Gasteiger charge is -2.18. The van der Waals surface area contributed by atoms with Crippen LogP contribution in [0.15, 0.2) is 138 Å². The summed E-state index contributed by atoms with van der Waals surface area (Å²) in [5, 5.41) is 27.1. The predicted octanol–water partition coefficient (Wildman–Crippen LogP) is 8.35. The minimum atomic E-state index is -4.72. The highest BCUT2D eigenvalue weighted by atomic mass is 32.2. The molecule has 0 saturated carbocycles. The van der Waals surface area contributed by atoms with Crippen LogP contribution >= 0.6 is 0 Å². The molecule has 0 spiro atoms. The molecular formula is C54H52F6N8O6S2. The number of hydrogen-bond donors (Lipinski definition) is 3. The number of hydrogen-bond acceptors (Lipinski definition) is 10. The molecule has 6 rings (SSSR count). The van der Waals surface area contributed by atoms with Crippen molar-refractivity contribution >= 4 is 33.4 Å². The number of pyridine rings is 2. The largest absolute Gasteiger partial charge is 0.416 e. The molecule has 2 amide bonds. The van der Waals surface area contributed by atoms with E-state index >= 15 is 0 Å². The third kappa shape index (κ3) is 14.5. The summed E-state index contributed by atoms with van der Waals surface area (Å²) in [5.74, 6) is -1.58. The van der Waals surface area contributed by atoms with E-state index in [4.69, 9.17) is 0 Å². The van der Waals surface area contributed by atoms with E-state index < -0.39 is 79.1 Å². The highest BCUT2D eigenvalue weighted by Gasteiger charge is 2.33. The molecule has 0 aliphatic heterocycles. The Morgan fingerprint density at radius 3 is 1.41 bits per heavy atom. The average molecular weight is 1090 g/mol. The van der Waals surface area contributed by atoms with Crippen LogP contribution in [0.25, 0.3) is 11.4 Å². The number of likely N-dealkylation sites (N-methyl/N-ethyl adjacent to an activating group) is 1. The second-order valence-electron chi connectivity index (χ2n) is 17.5. The minimum absolute atomic E-state index is 0.0196. The van der Waals surface area contributed by atoms with Crippen LogP contribution in [-0.2, 0) is 34.0 Å². The Labute approximate surface area is 438 Å². The molecule has 398 valence electrons. The molecule has 14 nitrogen and oxygen atoms in total. The first-order valence-corrected chi connectivity index (χ1v) is 26.1. The lowest BCUT2D eigenvalue weighted by Crippen LogP contribution is -2.36. The highest BCUT2D eigenvalue weighted by molar-refractivity contribution is 7.85. The summed E-state index contributed by atoms with van der Waals surface area (Å²) in [6, 6.07) is 26.0. The number of nitrogens with zero attached hydrogens (tertiary/aromatic N) is 5. The quantitative estimate of drug-likeness (QED) is 0.0439. The van der Waals surface area contributed by atoms with Gasteiger partial charge in [-0.25, -0.2) is 8.42 Å². The maximum absolute atomic E-state index is 13.8. The van der Waals surface area contributed by atoms with Crippen molar-refractivity contribution in [2.24, 2.45) is 0 Å². The number of carbonyl (C=O) groups is 2. The van der Waals surface area contributed by atoms with Gasteiger partial charge in [0.05, 0.1) is 65.8 Å². The SMILES string of the molecule is Cc1c(S(=O)c2ccc(C#N)cc2)cc(C(=O)NCCCCCCN(C)CCNCCCNC(=O)c2cc(S(=O)c3ccc(C#N)cc3)c(C)n(-c3cccc(C(F)(F)F)c3)c2=O)c(=O)n1-c1cccc(C(F)(F)F)c1. The van der Waals surface area contributed by atoms with E-state index in [1.165, 1.54) is 86.6 Å². The summed E-state index contributed by atoms with van der Waals surface area (Å²) in [6.45, 7) is 5.73. The molecule has 2 unspecified atom stereocenters. The number of benzene rings is 4. The zero-order valence-electron chi connectivity index (χ0n) is 41.4. The number of halogens is 6. The zero-order chi connectivity index (χ0) is 55.3. The molecule has 2 aromatic heterocycles. The van der Waals surface area contributed by atoms with E-state index in [1.54, 1.807) is 0 Å². The van der Waals surface area contributed by atoms with Crippen LogP contribution in [0.2, 0.25) is 0 Å². The monoisotopic (exact) mass is 1090 g/mol. The Morgan fingerprint density at radius 2 is 0.987 bits per heavy atom. The van der Waals surface area contributed by atoms with Crippen LogP contribution in [0, 0.1) is 36.5 Å². The summed E-state index contributed by atoms with van der Waals surface area (Å²) >= 11 is 0. The van der Waals surface area contributed by atoms with Crippen molar-refractivity contribution in [3.05, 3.63) is 175 Å². The van der Waals surface area contributed by atoms with Crippen LogP contribution in [0.1, 0.15) is 86.5 Å². The number of carbonyl (C=O) groups excluding carboxylic acids is 2. The second kappa shape index (κ2) is 25.8. The fourth-order valence-corrected chi connectivity index (χ4v) is 10.5. The van der Waals surface area contributed by atoms with Gasteiger partial charge in [-0.2, -0.15) is 36.9 Å². The van der Waals surface area contributed by atoms with Crippen molar-refractivity contribution in [2.45, 2.75) is 77.9 Å². The Kier molecular flexibility index (Phi) is 19.6. The van der Waals surface area contributed by atoms with E-state index in [-0.39, 0.29) is 55.4 Å². The van der Waals surface area contributed by atoms with Gasteiger partial charge in [-0.1, -0.05) is 25.0 Å². The van der Waals surface area contributed by atoms with Gasteiger partial charge in [-0.05, 0) is 150 Å². The Balaban J connectivity index is 0.965. The molecule has 76 heavy (non-hydrogen) atoms. The third-order valence-electron chi connectivity index (χ3n) is 12.2. The predicted molar refractivity (Wildman–Crippen MR) is 273 cm³/mol. The van der Waals surface area contributed by atoms with E-state index in [1.807, 2.05) is 19.2 Å². The van der Waals surface area contributed by atoms with Crippen LogP contribution in [0.3, 0.4) is 0 Å². The summed E-state index contributed by atoms with van der Waals surface area (Å²) in [4.78, 5) is 57.3. The minimum Gasteiger partial charge on any atom is -0.352 e. The topological polar surface area (TPSA) is 199 Å². The molecular weight excluding hydrogens is 1030 g/mol. The molecule has 0 saturated heterocycles. The normalized spacial score (nSPS) is 12.4. The molecule has 0 aliphatic rings. The maximum Gasteiger partial charge on any atom is 0.416 e. The maximum atomic E-state index is 13.8. The van der Waals surface area contributed by atoms with Crippen molar-refractivity contribution < 1.29 is 44.3 Å². The second-order valence-corrected chi connectivity index (χ2v) is 20.4. The number of nitriles is 2. The summed E-state index contributed by atoms with van der Waals surface area (Å²) in [6.07, 6.45) is -6.06. The van der Waals surface area contributed by atoms with Crippen molar-refractivity contribution in [1.29, 1.82) is 10.5 Å². The lowest BCUT2D eigenvalue weighted by molar-refractivity contribution is -0.138. The molecule has 2 heterocycles. The molecule has 2 atom stereocenters. The first-order valence-electron chi connectivity index (χ1n) is 23.8. The lowest BCUT2D eigenvalue weighted by atomic mass is 10.1. The van der Waals surface area contributed by atoms with Crippen molar-refractivity contribution in [2.75, 3.05) is 46.3 Å². The van der Waals surface area contributed by atoms with Crippen LogP contribution in [0.4, 0.5) is 26.3 Å². The van der Waals surface area contributed by atoms with Crippen LogP contribution in [0.5, 0.6) is 0 Å². The third-order valence-corrected chi connectivity index (χ3v) is 15.2. The van der Waals surface area contributed by atoms with Gasteiger partial charge in [0.15, 0.2) is 0 Å². The Bertz CT molecular complexity index is 3130. The molecule has 0 radical (unpaired) electrons. The van der Waals surface area contributed by atoms with Gasteiger partial charge in [-0.15, -0.1) is 0 Å². The fraction of sp³-hybridized carbons (Fsp3) is 0.296. The Hall–Kier alpha value is -7.50. The molecule has 4 aromatic carbocycles. The summed E-state index contributed by atoms with van der Waals surface area (Å²) < 4.78 is 112. The van der Waals surface area contributed by atoms with Gasteiger partial charge >= 0.3 is 12.4 Å². The van der Waals surface area contributed by atoms with Crippen LogP contribution < -0.4 is 27.1 Å². The smallest absolute Gasteiger partial charge is 0.352 e. The van der Waals surface area contributed by atoms with Gasteiger partial charge in [0.2, 0.25) is 0 Å².